The van der Waals surface area contributed by atoms with Crippen molar-refractivity contribution >= 4 is 58.5 Å². The third-order valence-corrected chi connectivity index (χ3v) is 7.34. The van der Waals surface area contributed by atoms with Gasteiger partial charge in [-0.1, -0.05) is 59.9 Å². The molecule has 164 valence electrons. The fourth-order valence-corrected chi connectivity index (χ4v) is 5.70. The average Bonchev–Trinajstić information content (AvgIpc) is 3.11. The maximum atomic E-state index is 11.7. The number of para-hydroxylation sites is 2. The number of fused-ring (bicyclic) bond motifs is 2. The Kier molecular flexibility index (Phi) is 6.98. The van der Waals surface area contributed by atoms with E-state index in [0.29, 0.717) is 13.0 Å². The van der Waals surface area contributed by atoms with Crippen LogP contribution in [0, 0.1) is 0 Å². The molecule has 1 unspecified atom stereocenters. The van der Waals surface area contributed by atoms with Gasteiger partial charge in [-0.05, 0) is 48.4 Å². The third-order valence-electron chi connectivity index (χ3n) is 5.23. The first kappa shape index (κ1) is 22.6. The molecule has 5 nitrogen and oxygen atoms in total. The van der Waals surface area contributed by atoms with Crippen LogP contribution in [0.3, 0.4) is 0 Å². The van der Waals surface area contributed by atoms with Gasteiger partial charge in [0.15, 0.2) is 0 Å². The zero-order valence-corrected chi connectivity index (χ0v) is 19.5. The molecule has 32 heavy (non-hydrogen) atoms. The van der Waals surface area contributed by atoms with E-state index >= 15 is 0 Å². The molecule has 2 aliphatic rings. The van der Waals surface area contributed by atoms with E-state index in [0.717, 1.165) is 29.6 Å². The number of nitrogens with zero attached hydrogens (tertiary/aromatic N) is 1. The molecule has 8 heteroatoms. The second-order valence-electron chi connectivity index (χ2n) is 7.27. The van der Waals surface area contributed by atoms with Crippen LogP contribution in [-0.4, -0.2) is 29.5 Å². The number of hydrogen-bond acceptors (Lipinski definition) is 6. The second kappa shape index (κ2) is 9.90. The zero-order chi connectivity index (χ0) is 21.2. The van der Waals surface area contributed by atoms with Crippen molar-refractivity contribution < 1.29 is 14.3 Å². The molecule has 0 saturated carbocycles. The number of hydrogen-bond donors (Lipinski definition) is 1. The number of nitrogens with one attached hydrogen (secondary N) is 1. The van der Waals surface area contributed by atoms with Crippen LogP contribution >= 0.6 is 35.9 Å². The summed E-state index contributed by atoms with van der Waals surface area (Å²) >= 11 is 2.85. The van der Waals surface area contributed by atoms with Gasteiger partial charge < -0.3 is 9.64 Å². The predicted octanol–water partition coefficient (Wildman–Crippen LogP) is 5.68. The van der Waals surface area contributed by atoms with Crippen LogP contribution in [0.4, 0.5) is 16.2 Å². The van der Waals surface area contributed by atoms with Gasteiger partial charge in [0, 0.05) is 9.79 Å². The van der Waals surface area contributed by atoms with Crippen molar-refractivity contribution in [3.8, 4) is 5.75 Å². The van der Waals surface area contributed by atoms with Gasteiger partial charge in [-0.15, -0.1) is 12.4 Å². The zero-order valence-electron chi connectivity index (χ0n) is 17.0. The van der Waals surface area contributed by atoms with Crippen LogP contribution < -0.4 is 15.0 Å². The van der Waals surface area contributed by atoms with Crippen molar-refractivity contribution in [1.82, 2.24) is 5.32 Å². The molecular weight excluding hydrogens is 464 g/mol. The fourth-order valence-electron chi connectivity index (χ4n) is 3.74. The van der Waals surface area contributed by atoms with Gasteiger partial charge in [0.2, 0.25) is 5.91 Å². The van der Waals surface area contributed by atoms with Crippen molar-refractivity contribution in [3.05, 3.63) is 78.4 Å². The largest absolute Gasteiger partial charge is 0.492 e. The quantitative estimate of drug-likeness (QED) is 0.485. The van der Waals surface area contributed by atoms with Crippen LogP contribution in [0.25, 0.3) is 0 Å². The first-order valence-electron chi connectivity index (χ1n) is 10.0. The molecule has 3 aromatic rings. The Labute approximate surface area is 201 Å². The van der Waals surface area contributed by atoms with E-state index in [2.05, 4.69) is 58.7 Å². The summed E-state index contributed by atoms with van der Waals surface area (Å²) in [6, 6.07) is 24.6. The number of carbonyl (C=O) groups excluding carboxylic acids is 2. The maximum Gasteiger partial charge on any atom is 0.286 e. The first-order chi connectivity index (χ1) is 15.2. The molecule has 0 radical (unpaired) electrons. The van der Waals surface area contributed by atoms with E-state index in [-0.39, 0.29) is 28.8 Å². The number of halogens is 1. The predicted molar refractivity (Wildman–Crippen MR) is 132 cm³/mol. The molecular formula is C24H21ClN2O3S2. The SMILES string of the molecule is Cl.O=C1NC(=O)C(Cc2ccc(OCCN3c4ccccc4Sc4ccccc43)cc2)S1. The van der Waals surface area contributed by atoms with Gasteiger partial charge in [-0.25, -0.2) is 0 Å². The second-order valence-corrected chi connectivity index (χ2v) is 9.53. The molecule has 0 spiro atoms. The van der Waals surface area contributed by atoms with Gasteiger partial charge in [0.1, 0.15) is 12.4 Å². The highest BCUT2D eigenvalue weighted by molar-refractivity contribution is 8.15. The van der Waals surface area contributed by atoms with Gasteiger partial charge >= 0.3 is 0 Å². The Balaban J connectivity index is 0.00000245. The number of ether oxygens (including phenoxy) is 1. The lowest BCUT2D eigenvalue weighted by Gasteiger charge is -2.32. The molecule has 3 aromatic carbocycles. The number of anilines is 2. The summed E-state index contributed by atoms with van der Waals surface area (Å²) in [5.74, 6) is 0.576. The minimum atomic E-state index is -0.351. The van der Waals surface area contributed by atoms with Gasteiger partial charge in [-0.3, -0.25) is 14.9 Å². The molecule has 0 aliphatic carbocycles. The molecule has 0 aromatic heterocycles. The normalized spacial score (nSPS) is 16.6. The molecule has 5 rings (SSSR count). The highest BCUT2D eigenvalue weighted by atomic mass is 35.5. The van der Waals surface area contributed by atoms with Crippen LogP contribution in [0.1, 0.15) is 5.56 Å². The summed E-state index contributed by atoms with van der Waals surface area (Å²) in [5, 5.41) is 1.71. The topological polar surface area (TPSA) is 58.6 Å². The van der Waals surface area contributed by atoms with E-state index in [9.17, 15) is 9.59 Å². The number of benzene rings is 3. The Morgan fingerprint density at radius 1 is 0.875 bits per heavy atom. The van der Waals surface area contributed by atoms with Crippen molar-refractivity contribution in [3.63, 3.8) is 0 Å². The Bertz CT molecular complexity index is 1090. The average molecular weight is 485 g/mol. The number of rotatable bonds is 6. The molecule has 2 aliphatic heterocycles. The highest BCUT2D eigenvalue weighted by Crippen LogP contribution is 2.47. The van der Waals surface area contributed by atoms with Crippen molar-refractivity contribution in [1.29, 1.82) is 0 Å². The van der Waals surface area contributed by atoms with E-state index in [1.807, 2.05) is 24.3 Å². The lowest BCUT2D eigenvalue weighted by Crippen LogP contribution is -2.26. The first-order valence-corrected chi connectivity index (χ1v) is 11.7. The number of carbonyl (C=O) groups is 2. The Hall–Kier alpha value is -2.61. The highest BCUT2D eigenvalue weighted by Gasteiger charge is 2.31. The molecule has 0 bridgehead atoms. The fraction of sp³-hybridized carbons (Fsp3) is 0.167. The van der Waals surface area contributed by atoms with E-state index in [1.54, 1.807) is 11.8 Å². The molecule has 2 amide bonds. The lowest BCUT2D eigenvalue weighted by molar-refractivity contribution is -0.118. The van der Waals surface area contributed by atoms with Crippen molar-refractivity contribution in [2.75, 3.05) is 18.1 Å². The van der Waals surface area contributed by atoms with Gasteiger partial charge in [0.05, 0.1) is 23.2 Å². The summed E-state index contributed by atoms with van der Waals surface area (Å²) in [4.78, 5) is 27.9. The molecule has 1 fully saturated rings. The summed E-state index contributed by atoms with van der Waals surface area (Å²) in [6.07, 6.45) is 0.529. The number of amides is 2. The monoisotopic (exact) mass is 484 g/mol. The summed E-state index contributed by atoms with van der Waals surface area (Å²) in [6.45, 7) is 1.28. The standard InChI is InChI=1S/C24H20N2O3S2.ClH/c27-23-22(31-24(28)25-23)15-16-9-11-17(12-10-16)29-14-13-26-18-5-1-3-7-20(18)30-21-8-4-2-6-19(21)26;/h1-12,22H,13-15H2,(H,25,27,28);1H. The lowest BCUT2D eigenvalue weighted by atomic mass is 10.1. The molecule has 1 atom stereocenters. The Morgan fingerprint density at radius 3 is 2.09 bits per heavy atom. The van der Waals surface area contributed by atoms with Gasteiger partial charge in [-0.2, -0.15) is 0 Å². The Morgan fingerprint density at radius 2 is 1.50 bits per heavy atom. The third kappa shape index (κ3) is 4.75. The van der Waals surface area contributed by atoms with E-state index in [4.69, 9.17) is 4.74 Å². The maximum absolute atomic E-state index is 11.7. The van der Waals surface area contributed by atoms with Crippen LogP contribution in [0.2, 0.25) is 0 Å². The minimum Gasteiger partial charge on any atom is -0.492 e. The van der Waals surface area contributed by atoms with E-state index < -0.39 is 0 Å². The van der Waals surface area contributed by atoms with Gasteiger partial charge in [0.25, 0.3) is 5.24 Å². The summed E-state index contributed by atoms with van der Waals surface area (Å²) in [7, 11) is 0. The summed E-state index contributed by atoms with van der Waals surface area (Å²) in [5.41, 5.74) is 3.41. The minimum absolute atomic E-state index is 0. The number of imide groups is 1. The molecule has 1 saturated heterocycles. The van der Waals surface area contributed by atoms with Crippen LogP contribution in [0.5, 0.6) is 5.75 Å². The molecule has 2 heterocycles. The van der Waals surface area contributed by atoms with Crippen molar-refractivity contribution in [2.45, 2.75) is 21.5 Å². The van der Waals surface area contributed by atoms with Crippen LogP contribution in [0.15, 0.2) is 82.6 Å². The van der Waals surface area contributed by atoms with Crippen LogP contribution in [-0.2, 0) is 11.2 Å². The van der Waals surface area contributed by atoms with E-state index in [1.165, 1.54) is 21.2 Å². The smallest absolute Gasteiger partial charge is 0.286 e. The van der Waals surface area contributed by atoms with Crippen molar-refractivity contribution in [2.24, 2.45) is 0 Å². The molecule has 1 N–H and O–H groups in total. The number of thioether (sulfide) groups is 1. The summed E-state index contributed by atoms with van der Waals surface area (Å²) < 4.78 is 6.01.